The van der Waals surface area contributed by atoms with Crippen LogP contribution in [-0.4, -0.2) is 70.2 Å². The molecule has 2 unspecified atom stereocenters. The van der Waals surface area contributed by atoms with Crippen LogP contribution in [0.4, 0.5) is 0 Å². The minimum Gasteiger partial charge on any atom is -0.480 e. The van der Waals surface area contributed by atoms with Gasteiger partial charge in [-0.05, 0) is 12.0 Å². The van der Waals surface area contributed by atoms with Gasteiger partial charge in [-0.1, -0.05) is 30.3 Å². The molecule has 6 N–H and O–H groups in total. The largest absolute Gasteiger partial charge is 0.480 e. The molecule has 10 nitrogen and oxygen atoms in total. The summed E-state index contributed by atoms with van der Waals surface area (Å²) in [6.45, 7) is -0.568. The van der Waals surface area contributed by atoms with Crippen LogP contribution in [0.25, 0.3) is 0 Å². The van der Waals surface area contributed by atoms with E-state index >= 15 is 0 Å². The van der Waals surface area contributed by atoms with Crippen molar-refractivity contribution in [3.63, 3.8) is 0 Å². The first kappa shape index (κ1) is 23.6. The summed E-state index contributed by atoms with van der Waals surface area (Å²) in [7, 11) is 0. The summed E-state index contributed by atoms with van der Waals surface area (Å²) in [5.41, 5.74) is 6.45. The molecule has 2 amide bonds. The van der Waals surface area contributed by atoms with Crippen molar-refractivity contribution >= 4 is 35.5 Å². The third kappa shape index (κ3) is 8.01. The molecule has 0 spiro atoms. The van der Waals surface area contributed by atoms with Crippen LogP contribution in [0, 0.1) is 0 Å². The van der Waals surface area contributed by atoms with Crippen molar-refractivity contribution in [1.29, 1.82) is 0 Å². The lowest BCUT2D eigenvalue weighted by Crippen LogP contribution is -2.49. The highest BCUT2D eigenvalue weighted by atomic mass is 32.2. The number of nitrogens with two attached hydrogens (primary N) is 1. The van der Waals surface area contributed by atoms with Crippen LogP contribution in [0.1, 0.15) is 24.5 Å². The summed E-state index contributed by atoms with van der Waals surface area (Å²) in [4.78, 5) is 45.8. The van der Waals surface area contributed by atoms with Gasteiger partial charge in [0.05, 0.1) is 6.10 Å². The molecular formula is C19H25N3O7S. The van der Waals surface area contributed by atoms with E-state index in [-0.39, 0.29) is 30.8 Å². The molecule has 1 fully saturated rings. The van der Waals surface area contributed by atoms with Gasteiger partial charge in [-0.15, -0.1) is 0 Å². The zero-order valence-corrected chi connectivity index (χ0v) is 17.0. The van der Waals surface area contributed by atoms with E-state index in [9.17, 15) is 19.2 Å². The Bertz CT molecular complexity index is 762. The second-order valence-electron chi connectivity index (χ2n) is 6.76. The Balaban J connectivity index is 1.82. The maximum Gasteiger partial charge on any atom is 0.322 e. The molecule has 0 aliphatic carbocycles. The van der Waals surface area contributed by atoms with E-state index in [1.807, 2.05) is 30.3 Å². The third-order valence-corrected chi connectivity index (χ3v) is 5.48. The van der Waals surface area contributed by atoms with Gasteiger partial charge in [-0.25, -0.2) is 0 Å². The van der Waals surface area contributed by atoms with Crippen molar-refractivity contribution in [1.82, 2.24) is 10.6 Å². The van der Waals surface area contributed by atoms with Gasteiger partial charge in [0, 0.05) is 17.9 Å². The zero-order chi connectivity index (χ0) is 22.1. The van der Waals surface area contributed by atoms with Crippen LogP contribution in [-0.2, 0) is 23.9 Å². The fourth-order valence-corrected chi connectivity index (χ4v) is 3.75. The number of carboxylic acids is 2. The van der Waals surface area contributed by atoms with Gasteiger partial charge in [0.2, 0.25) is 11.8 Å². The van der Waals surface area contributed by atoms with Crippen LogP contribution in [0.15, 0.2) is 30.3 Å². The van der Waals surface area contributed by atoms with Gasteiger partial charge in [-0.3, -0.25) is 19.2 Å². The molecule has 4 atom stereocenters. The van der Waals surface area contributed by atoms with Crippen molar-refractivity contribution in [2.24, 2.45) is 5.73 Å². The van der Waals surface area contributed by atoms with E-state index in [1.165, 1.54) is 11.8 Å². The number of carboxylic acid groups (broad SMARTS) is 2. The van der Waals surface area contributed by atoms with Crippen LogP contribution < -0.4 is 16.4 Å². The molecule has 11 heteroatoms. The van der Waals surface area contributed by atoms with Gasteiger partial charge in [0.25, 0.3) is 0 Å². The second-order valence-corrected chi connectivity index (χ2v) is 7.83. The number of carbonyl (C=O) groups is 4. The lowest BCUT2D eigenvalue weighted by Gasteiger charge is -2.18. The number of hydrogen-bond donors (Lipinski definition) is 5. The number of carbonyl (C=O) groups excluding carboxylic acids is 2. The number of ether oxygens (including phenoxy) is 1. The number of rotatable bonds is 13. The average molecular weight is 439 g/mol. The monoisotopic (exact) mass is 439 g/mol. The van der Waals surface area contributed by atoms with Crippen molar-refractivity contribution in [3.05, 3.63) is 35.9 Å². The van der Waals surface area contributed by atoms with E-state index in [0.717, 1.165) is 5.56 Å². The SMILES string of the molecule is N[C@@H](CCC(=O)N[C@@H](CSCC1OC1c1ccccc1)C(=O)NCC(=O)O)C(=O)O. The Kier molecular flexibility index (Phi) is 9.09. The Morgan fingerprint density at radius 3 is 2.50 bits per heavy atom. The fraction of sp³-hybridized carbons (Fsp3) is 0.474. The lowest BCUT2D eigenvalue weighted by molar-refractivity contribution is -0.139. The van der Waals surface area contributed by atoms with Gasteiger partial charge < -0.3 is 31.3 Å². The normalized spacial score (nSPS) is 19.4. The highest BCUT2D eigenvalue weighted by Crippen LogP contribution is 2.40. The smallest absolute Gasteiger partial charge is 0.322 e. The summed E-state index contributed by atoms with van der Waals surface area (Å²) in [5, 5.41) is 22.3. The lowest BCUT2D eigenvalue weighted by atomic mass is 10.1. The number of thioether (sulfide) groups is 1. The first-order valence-electron chi connectivity index (χ1n) is 9.33. The molecule has 0 radical (unpaired) electrons. The van der Waals surface area contributed by atoms with Crippen molar-refractivity contribution in [2.75, 3.05) is 18.1 Å². The van der Waals surface area contributed by atoms with Crippen LogP contribution in [0.2, 0.25) is 0 Å². The Morgan fingerprint density at radius 1 is 1.17 bits per heavy atom. The fourth-order valence-electron chi connectivity index (χ4n) is 2.65. The van der Waals surface area contributed by atoms with Gasteiger partial charge in [0.1, 0.15) is 24.7 Å². The van der Waals surface area contributed by atoms with Crippen molar-refractivity contribution in [2.45, 2.75) is 37.1 Å². The highest BCUT2D eigenvalue weighted by Gasteiger charge is 2.39. The first-order chi connectivity index (χ1) is 14.3. The average Bonchev–Trinajstić information content (AvgIpc) is 3.49. The van der Waals surface area contributed by atoms with E-state index in [0.29, 0.717) is 5.75 Å². The standard InChI is InChI=1S/C19H25N3O7S/c20-12(19(27)28)6-7-15(23)22-13(18(26)21-8-16(24)25)9-30-10-14-17(29-14)11-4-2-1-3-5-11/h1-5,12-14,17H,6-10,20H2,(H,21,26)(H,22,23)(H,24,25)(H,27,28)/t12-,13-,14?,17?/m0/s1. The number of nitrogens with one attached hydrogen (secondary N) is 2. The first-order valence-corrected chi connectivity index (χ1v) is 10.5. The molecular weight excluding hydrogens is 414 g/mol. The summed E-state index contributed by atoms with van der Waals surface area (Å²) in [6, 6.07) is 7.58. The topological polar surface area (TPSA) is 171 Å². The molecule has 1 aliphatic rings. The molecule has 2 rings (SSSR count). The summed E-state index contributed by atoms with van der Waals surface area (Å²) in [5.74, 6) is -2.77. The number of benzene rings is 1. The quantitative estimate of drug-likeness (QED) is 0.260. The summed E-state index contributed by atoms with van der Waals surface area (Å²) < 4.78 is 5.64. The van der Waals surface area contributed by atoms with Crippen LogP contribution >= 0.6 is 11.8 Å². The number of amides is 2. The van der Waals surface area contributed by atoms with Crippen LogP contribution in [0.5, 0.6) is 0 Å². The second kappa shape index (κ2) is 11.5. The highest BCUT2D eigenvalue weighted by molar-refractivity contribution is 7.99. The molecule has 1 aromatic rings. The Hall–Kier alpha value is -2.63. The van der Waals surface area contributed by atoms with E-state index < -0.39 is 42.4 Å². The molecule has 1 aromatic carbocycles. The van der Waals surface area contributed by atoms with Gasteiger partial charge in [0.15, 0.2) is 0 Å². The summed E-state index contributed by atoms with van der Waals surface area (Å²) >= 11 is 1.40. The summed E-state index contributed by atoms with van der Waals surface area (Å²) in [6.07, 6.45) is -0.232. The minimum absolute atomic E-state index is 0.00407. The molecule has 1 aliphatic heterocycles. The number of aliphatic carboxylic acids is 2. The number of hydrogen-bond acceptors (Lipinski definition) is 7. The molecule has 164 valence electrons. The predicted molar refractivity (Wildman–Crippen MR) is 109 cm³/mol. The Labute approximate surface area is 177 Å². The minimum atomic E-state index is -1.22. The number of epoxide rings is 1. The molecule has 1 saturated heterocycles. The van der Waals surface area contributed by atoms with E-state index in [1.54, 1.807) is 0 Å². The molecule has 0 aromatic heterocycles. The van der Waals surface area contributed by atoms with Gasteiger partial charge >= 0.3 is 11.9 Å². The maximum absolute atomic E-state index is 12.3. The van der Waals surface area contributed by atoms with Crippen molar-refractivity contribution < 1.29 is 34.1 Å². The molecule has 1 heterocycles. The van der Waals surface area contributed by atoms with E-state index in [4.69, 9.17) is 20.7 Å². The predicted octanol–water partition coefficient (Wildman–Crippen LogP) is -0.263. The third-order valence-electron chi connectivity index (χ3n) is 4.34. The van der Waals surface area contributed by atoms with E-state index in [2.05, 4.69) is 10.6 Å². The van der Waals surface area contributed by atoms with Crippen molar-refractivity contribution in [3.8, 4) is 0 Å². The van der Waals surface area contributed by atoms with Gasteiger partial charge in [-0.2, -0.15) is 11.8 Å². The maximum atomic E-state index is 12.3. The Morgan fingerprint density at radius 2 is 1.87 bits per heavy atom. The molecule has 30 heavy (non-hydrogen) atoms. The molecule has 0 bridgehead atoms. The molecule has 0 saturated carbocycles. The zero-order valence-electron chi connectivity index (χ0n) is 16.2. The van der Waals surface area contributed by atoms with Crippen LogP contribution in [0.3, 0.4) is 0 Å².